The van der Waals surface area contributed by atoms with Crippen LogP contribution in [-0.2, 0) is 31.1 Å². The SMILES string of the molecule is CC1(C)CN(/C(=C/C2=C(O)C(/C=C(\CCS(=O)(=O)O)N3CC(C)(C)c4cc(Br)ccc43)=C2O)CCS(=O)(=O)O)c2ccc(Br)cc21. The Bertz CT molecular complexity index is 1810. The summed E-state index contributed by atoms with van der Waals surface area (Å²) in [5.74, 6) is -1.63. The van der Waals surface area contributed by atoms with Gasteiger partial charge in [-0.1, -0.05) is 59.6 Å². The van der Waals surface area contributed by atoms with Crippen molar-refractivity contribution in [1.29, 1.82) is 0 Å². The van der Waals surface area contributed by atoms with Gasteiger partial charge in [0, 0.05) is 68.5 Å². The Morgan fingerprint density at radius 1 is 0.717 bits per heavy atom. The van der Waals surface area contributed by atoms with Gasteiger partial charge in [0.05, 0.1) is 22.7 Å². The van der Waals surface area contributed by atoms with E-state index in [1.165, 1.54) is 12.2 Å². The van der Waals surface area contributed by atoms with Gasteiger partial charge in [-0.25, -0.2) is 0 Å². The Balaban J connectivity index is 1.55. The molecule has 0 saturated heterocycles. The van der Waals surface area contributed by atoms with Gasteiger partial charge in [0.2, 0.25) is 0 Å². The highest BCUT2D eigenvalue weighted by molar-refractivity contribution is 9.10. The minimum atomic E-state index is -4.32. The first-order valence-corrected chi connectivity index (χ1v) is 19.3. The van der Waals surface area contributed by atoms with Gasteiger partial charge in [0.25, 0.3) is 20.2 Å². The summed E-state index contributed by atoms with van der Waals surface area (Å²) in [5, 5.41) is 22.5. The summed E-state index contributed by atoms with van der Waals surface area (Å²) in [4.78, 5) is 3.85. The second-order valence-corrected chi connectivity index (χ2v) is 18.1. The smallest absolute Gasteiger partial charge is 0.265 e. The Hall–Kier alpha value is -2.62. The van der Waals surface area contributed by atoms with Crippen LogP contribution in [0.1, 0.15) is 51.7 Å². The number of fused-ring (bicyclic) bond motifs is 2. The second kappa shape index (κ2) is 12.1. The van der Waals surface area contributed by atoms with E-state index in [1.807, 2.05) is 46.2 Å². The normalized spacial score (nSPS) is 19.5. The van der Waals surface area contributed by atoms with Crippen molar-refractivity contribution in [3.63, 3.8) is 0 Å². The lowest BCUT2D eigenvalue weighted by Crippen LogP contribution is -2.30. The van der Waals surface area contributed by atoms with Gasteiger partial charge in [-0.3, -0.25) is 9.11 Å². The number of rotatable bonds is 10. The summed E-state index contributed by atoms with van der Waals surface area (Å²) in [6.45, 7) is 9.21. The summed E-state index contributed by atoms with van der Waals surface area (Å²) in [5.41, 5.74) is 4.22. The zero-order chi connectivity index (χ0) is 34.0. The lowest BCUT2D eigenvalue weighted by Gasteiger charge is -2.29. The molecular formula is C32H36Br2N2O8S2. The van der Waals surface area contributed by atoms with Crippen molar-refractivity contribution in [1.82, 2.24) is 0 Å². The van der Waals surface area contributed by atoms with Gasteiger partial charge in [-0.05, 0) is 59.7 Å². The molecule has 2 aromatic carbocycles. The van der Waals surface area contributed by atoms with Crippen LogP contribution in [0.5, 0.6) is 0 Å². The van der Waals surface area contributed by atoms with Crippen molar-refractivity contribution in [2.45, 2.75) is 51.4 Å². The van der Waals surface area contributed by atoms with Crippen LogP contribution in [0.4, 0.5) is 11.4 Å². The molecule has 0 fully saturated rings. The number of nitrogens with zero attached hydrogens (tertiary/aromatic N) is 2. The predicted octanol–water partition coefficient (Wildman–Crippen LogP) is 7.07. The monoisotopic (exact) mass is 798 g/mol. The van der Waals surface area contributed by atoms with Crippen LogP contribution < -0.4 is 9.80 Å². The number of halogens is 2. The fraction of sp³-hybridized carbons (Fsp3) is 0.375. The molecule has 0 atom stereocenters. The molecule has 0 aromatic heterocycles. The van der Waals surface area contributed by atoms with E-state index in [1.54, 1.807) is 0 Å². The van der Waals surface area contributed by atoms with E-state index in [0.717, 1.165) is 31.4 Å². The highest BCUT2D eigenvalue weighted by atomic mass is 79.9. The van der Waals surface area contributed by atoms with Gasteiger partial charge in [-0.2, -0.15) is 16.8 Å². The molecule has 46 heavy (non-hydrogen) atoms. The third kappa shape index (κ3) is 7.12. The molecule has 3 aliphatic rings. The Morgan fingerprint density at radius 3 is 1.39 bits per heavy atom. The molecular weight excluding hydrogens is 764 g/mol. The molecule has 0 bridgehead atoms. The lowest BCUT2D eigenvalue weighted by molar-refractivity contribution is 0.354. The maximum atomic E-state index is 11.8. The van der Waals surface area contributed by atoms with Crippen LogP contribution in [-0.4, -0.2) is 60.7 Å². The fourth-order valence-corrected chi connectivity index (χ4v) is 7.97. The van der Waals surface area contributed by atoms with Gasteiger partial charge < -0.3 is 20.0 Å². The third-order valence-corrected chi connectivity index (χ3v) is 11.1. The van der Waals surface area contributed by atoms with E-state index in [4.69, 9.17) is 0 Å². The molecule has 10 nitrogen and oxygen atoms in total. The molecule has 4 N–H and O–H groups in total. The van der Waals surface area contributed by atoms with Gasteiger partial charge in [0.1, 0.15) is 11.5 Å². The van der Waals surface area contributed by atoms with Crippen molar-refractivity contribution < 1.29 is 36.2 Å². The number of benzene rings is 2. The maximum Gasteiger partial charge on any atom is 0.265 e. The average molecular weight is 801 g/mol. The first-order valence-electron chi connectivity index (χ1n) is 14.5. The largest absolute Gasteiger partial charge is 0.506 e. The van der Waals surface area contributed by atoms with Gasteiger partial charge in [0.15, 0.2) is 0 Å². The molecule has 0 spiro atoms. The summed E-state index contributed by atoms with van der Waals surface area (Å²) >= 11 is 7.03. The zero-order valence-electron chi connectivity index (χ0n) is 25.8. The molecule has 2 aromatic rings. The van der Waals surface area contributed by atoms with Crippen LogP contribution in [0.3, 0.4) is 0 Å². The first-order chi connectivity index (χ1) is 21.2. The molecule has 1 aliphatic carbocycles. The number of aliphatic hydroxyl groups excluding tert-OH is 2. The van der Waals surface area contributed by atoms with Crippen LogP contribution in [0.2, 0.25) is 0 Å². The number of hydrogen-bond donors (Lipinski definition) is 4. The third-order valence-electron chi connectivity index (χ3n) is 8.63. The van der Waals surface area contributed by atoms with E-state index in [-0.39, 0.29) is 46.3 Å². The molecule has 14 heteroatoms. The molecule has 2 heterocycles. The molecule has 2 aliphatic heterocycles. The molecule has 0 saturated carbocycles. The minimum absolute atomic E-state index is 0.0835. The van der Waals surface area contributed by atoms with Crippen LogP contribution >= 0.6 is 31.9 Å². The number of hydrogen-bond acceptors (Lipinski definition) is 8. The standard InChI is InChI=1S/C32H36Br2N2O8S2/c1-31(2)17-35(27-7-5-19(33)13-25(27)31)21(9-11-45(39,40)41)15-23-29(37)24(30(23)38)16-22(10-12-46(42,43)44)36-18-32(3,4)26-14-20(34)6-8-28(26)36/h5-8,13-16,37-38H,9-12,17-18H2,1-4H3,(H,39,40,41)(H,42,43,44)/b21-15+,22-16+. The van der Waals surface area contributed by atoms with E-state index >= 15 is 0 Å². The minimum Gasteiger partial charge on any atom is -0.506 e. The number of anilines is 2. The van der Waals surface area contributed by atoms with E-state index in [9.17, 15) is 36.2 Å². The van der Waals surface area contributed by atoms with Crippen molar-refractivity contribution in [3.05, 3.63) is 103 Å². The molecule has 248 valence electrons. The Morgan fingerprint density at radius 2 is 1.07 bits per heavy atom. The number of allylic oxidation sites excluding steroid dienone is 4. The summed E-state index contributed by atoms with van der Waals surface area (Å²) in [6, 6.07) is 11.6. The topological polar surface area (TPSA) is 156 Å². The van der Waals surface area contributed by atoms with Crippen LogP contribution in [0, 0.1) is 0 Å². The predicted molar refractivity (Wildman–Crippen MR) is 187 cm³/mol. The van der Waals surface area contributed by atoms with E-state index in [0.29, 0.717) is 24.5 Å². The Labute approximate surface area is 286 Å². The van der Waals surface area contributed by atoms with Crippen LogP contribution in [0.25, 0.3) is 0 Å². The first kappa shape index (κ1) is 34.7. The maximum absolute atomic E-state index is 11.8. The quantitative estimate of drug-likeness (QED) is 0.184. The van der Waals surface area contributed by atoms with Crippen molar-refractivity contribution in [2.75, 3.05) is 34.4 Å². The summed E-state index contributed by atoms with van der Waals surface area (Å²) in [7, 11) is -8.64. The summed E-state index contributed by atoms with van der Waals surface area (Å²) < 4.78 is 67.9. The zero-order valence-corrected chi connectivity index (χ0v) is 30.6. The Kier molecular flexibility index (Phi) is 9.14. The molecule has 0 amide bonds. The fourth-order valence-electron chi connectivity index (χ4n) is 6.31. The van der Waals surface area contributed by atoms with Crippen LogP contribution in [0.15, 0.2) is 91.6 Å². The second-order valence-electron chi connectivity index (χ2n) is 13.1. The van der Waals surface area contributed by atoms with E-state index < -0.39 is 31.7 Å². The molecule has 5 rings (SSSR count). The van der Waals surface area contributed by atoms with Gasteiger partial charge >= 0.3 is 0 Å². The molecule has 0 unspecified atom stereocenters. The van der Waals surface area contributed by atoms with Gasteiger partial charge in [-0.15, -0.1) is 0 Å². The van der Waals surface area contributed by atoms with Crippen molar-refractivity contribution in [2.24, 2.45) is 0 Å². The summed E-state index contributed by atoms with van der Waals surface area (Å²) in [6.07, 6.45) is 2.86. The highest BCUT2D eigenvalue weighted by Crippen LogP contribution is 2.47. The average Bonchev–Trinajstić information content (AvgIpc) is 3.35. The lowest BCUT2D eigenvalue weighted by atomic mass is 9.87. The molecule has 0 radical (unpaired) electrons. The van der Waals surface area contributed by atoms with E-state index in [2.05, 4.69) is 59.6 Å². The van der Waals surface area contributed by atoms with Crippen molar-refractivity contribution >= 4 is 63.5 Å². The highest BCUT2D eigenvalue weighted by Gasteiger charge is 2.39. The van der Waals surface area contributed by atoms with Crippen molar-refractivity contribution in [3.8, 4) is 0 Å². The number of aliphatic hydroxyl groups is 2.